The molecule has 0 unspecified atom stereocenters. The minimum absolute atomic E-state index is 0.0527. The molecule has 5 nitrogen and oxygen atoms in total. The Kier molecular flexibility index (Phi) is 4.62. The number of ether oxygens (including phenoxy) is 2. The van der Waals surface area contributed by atoms with Gasteiger partial charge in [-0.25, -0.2) is 4.99 Å². The molecule has 0 saturated carbocycles. The number of fused-ring (bicyclic) bond motifs is 1. The van der Waals surface area contributed by atoms with Crippen molar-refractivity contribution >= 4 is 22.9 Å². The van der Waals surface area contributed by atoms with E-state index in [4.69, 9.17) is 4.74 Å². The minimum atomic E-state index is -4.85. The normalized spacial score (nSPS) is 13.8. The summed E-state index contributed by atoms with van der Waals surface area (Å²) < 4.78 is 84.3. The Morgan fingerprint density at radius 2 is 1.81 bits per heavy atom. The number of anilines is 2. The summed E-state index contributed by atoms with van der Waals surface area (Å²) in [6.45, 7) is 0. The number of hydrogen-bond acceptors (Lipinski definition) is 5. The maximum absolute atomic E-state index is 12.8. The lowest BCUT2D eigenvalue weighted by molar-refractivity contribution is -0.274. The lowest BCUT2D eigenvalue weighted by Gasteiger charge is -2.13. The SMILES string of the molecule is COc1nc2c(cc1Nc1cccc(OC(F)(F)F)c1)CC(C(F)(F)F)=N2. The zero-order chi connectivity index (χ0) is 19.8. The van der Waals surface area contributed by atoms with Gasteiger partial charge in [-0.15, -0.1) is 13.2 Å². The van der Waals surface area contributed by atoms with E-state index < -0.39 is 30.4 Å². The van der Waals surface area contributed by atoms with Crippen molar-refractivity contribution in [3.63, 3.8) is 0 Å². The molecular formula is C16H11F6N3O2. The van der Waals surface area contributed by atoms with Gasteiger partial charge < -0.3 is 14.8 Å². The summed E-state index contributed by atoms with van der Waals surface area (Å²) >= 11 is 0. The molecule has 1 aromatic carbocycles. The maximum Gasteiger partial charge on any atom is 0.573 e. The average Bonchev–Trinajstić information content (AvgIpc) is 2.96. The molecule has 1 N–H and O–H groups in total. The van der Waals surface area contributed by atoms with Gasteiger partial charge in [-0.3, -0.25) is 0 Å². The fraction of sp³-hybridized carbons (Fsp3) is 0.250. The van der Waals surface area contributed by atoms with E-state index in [9.17, 15) is 26.3 Å². The van der Waals surface area contributed by atoms with E-state index in [2.05, 4.69) is 20.0 Å². The summed E-state index contributed by atoms with van der Waals surface area (Å²) in [7, 11) is 1.26. The Hall–Kier alpha value is -2.98. The van der Waals surface area contributed by atoms with Crippen LogP contribution in [-0.2, 0) is 6.42 Å². The van der Waals surface area contributed by atoms with Crippen molar-refractivity contribution in [1.29, 1.82) is 0 Å². The third-order valence-electron chi connectivity index (χ3n) is 3.51. The van der Waals surface area contributed by atoms with Crippen LogP contribution in [0.2, 0.25) is 0 Å². The van der Waals surface area contributed by atoms with Crippen LogP contribution in [0.15, 0.2) is 35.3 Å². The van der Waals surface area contributed by atoms with Gasteiger partial charge in [-0.2, -0.15) is 18.2 Å². The number of alkyl halides is 6. The number of benzene rings is 1. The second-order valence-corrected chi connectivity index (χ2v) is 5.46. The van der Waals surface area contributed by atoms with E-state index in [1.807, 2.05) is 0 Å². The standard InChI is InChI=1S/C16H11F6N3O2/c1-26-14-11(5-8-6-12(15(17,18)19)24-13(8)25-14)23-9-3-2-4-10(7-9)27-16(20,21)22/h2-5,7,23H,6H2,1H3. The Morgan fingerprint density at radius 1 is 1.07 bits per heavy atom. The van der Waals surface area contributed by atoms with Crippen molar-refractivity contribution in [2.45, 2.75) is 19.0 Å². The molecule has 2 aromatic rings. The summed E-state index contributed by atoms with van der Waals surface area (Å²) in [4.78, 5) is 7.39. The van der Waals surface area contributed by atoms with Crippen LogP contribution in [-0.4, -0.2) is 30.3 Å². The second kappa shape index (κ2) is 6.63. The second-order valence-electron chi connectivity index (χ2n) is 5.46. The first-order valence-corrected chi connectivity index (χ1v) is 7.40. The predicted octanol–water partition coefficient (Wildman–Crippen LogP) is 4.92. The molecule has 0 aliphatic carbocycles. The monoisotopic (exact) mass is 391 g/mol. The predicted molar refractivity (Wildman–Crippen MR) is 84.1 cm³/mol. The number of hydrogen-bond donors (Lipinski definition) is 1. The molecule has 144 valence electrons. The molecule has 0 amide bonds. The number of halogens is 6. The van der Waals surface area contributed by atoms with E-state index in [-0.39, 0.29) is 28.6 Å². The van der Waals surface area contributed by atoms with Crippen molar-refractivity contribution in [2.75, 3.05) is 12.4 Å². The zero-order valence-electron chi connectivity index (χ0n) is 13.6. The van der Waals surface area contributed by atoms with Crippen LogP contribution in [0.1, 0.15) is 5.56 Å². The number of aromatic nitrogens is 1. The zero-order valence-corrected chi connectivity index (χ0v) is 13.6. The van der Waals surface area contributed by atoms with Gasteiger partial charge in [0.05, 0.1) is 7.11 Å². The first kappa shape index (κ1) is 18.8. The molecule has 0 spiro atoms. The van der Waals surface area contributed by atoms with Crippen LogP contribution in [0, 0.1) is 0 Å². The van der Waals surface area contributed by atoms with Gasteiger partial charge in [0.1, 0.15) is 17.1 Å². The van der Waals surface area contributed by atoms with Crippen molar-refractivity contribution in [3.05, 3.63) is 35.9 Å². The topological polar surface area (TPSA) is 55.7 Å². The smallest absolute Gasteiger partial charge is 0.479 e. The first-order valence-electron chi connectivity index (χ1n) is 7.40. The van der Waals surface area contributed by atoms with Crippen molar-refractivity contribution < 1.29 is 35.8 Å². The van der Waals surface area contributed by atoms with E-state index >= 15 is 0 Å². The fourth-order valence-electron chi connectivity index (χ4n) is 2.44. The van der Waals surface area contributed by atoms with Crippen LogP contribution >= 0.6 is 0 Å². The number of nitrogens with zero attached hydrogens (tertiary/aromatic N) is 2. The molecule has 0 fully saturated rings. The van der Waals surface area contributed by atoms with Gasteiger partial charge >= 0.3 is 12.5 Å². The summed E-state index contributed by atoms with van der Waals surface area (Å²) in [5.41, 5.74) is -0.385. The Bertz CT molecular complexity index is 893. The van der Waals surface area contributed by atoms with E-state index in [0.717, 1.165) is 12.1 Å². The van der Waals surface area contributed by atoms with E-state index in [0.29, 0.717) is 0 Å². The Labute approximate surface area is 148 Å². The van der Waals surface area contributed by atoms with Crippen LogP contribution < -0.4 is 14.8 Å². The largest absolute Gasteiger partial charge is 0.573 e. The fourth-order valence-corrected chi connectivity index (χ4v) is 2.44. The first-order chi connectivity index (χ1) is 12.5. The highest BCUT2D eigenvalue weighted by Crippen LogP contribution is 2.38. The summed E-state index contributed by atoms with van der Waals surface area (Å²) in [5.74, 6) is -0.620. The highest BCUT2D eigenvalue weighted by atomic mass is 19.4. The number of nitrogens with one attached hydrogen (secondary N) is 1. The van der Waals surface area contributed by atoms with Crippen LogP contribution in [0.25, 0.3) is 0 Å². The summed E-state index contributed by atoms with van der Waals surface area (Å²) in [6.07, 6.45) is -9.89. The Balaban J connectivity index is 1.87. The molecule has 11 heteroatoms. The number of aliphatic imine (C=N–C) groups is 1. The van der Waals surface area contributed by atoms with Crippen LogP contribution in [0.4, 0.5) is 43.5 Å². The molecule has 0 atom stereocenters. The molecule has 0 saturated heterocycles. The molecule has 27 heavy (non-hydrogen) atoms. The highest BCUT2D eigenvalue weighted by molar-refractivity contribution is 5.97. The molecule has 0 bridgehead atoms. The molecule has 3 rings (SSSR count). The van der Waals surface area contributed by atoms with Gasteiger partial charge in [0, 0.05) is 23.7 Å². The summed E-state index contributed by atoms with van der Waals surface area (Å²) in [6, 6.07) is 6.33. The van der Waals surface area contributed by atoms with Gasteiger partial charge in [0.25, 0.3) is 0 Å². The molecule has 2 heterocycles. The third kappa shape index (κ3) is 4.41. The maximum atomic E-state index is 12.8. The molecule has 1 aliphatic heterocycles. The van der Waals surface area contributed by atoms with Gasteiger partial charge in [-0.1, -0.05) is 6.07 Å². The molecule has 1 aliphatic rings. The lowest BCUT2D eigenvalue weighted by atomic mass is 10.1. The molecular weight excluding hydrogens is 380 g/mol. The minimum Gasteiger partial charge on any atom is -0.479 e. The third-order valence-corrected chi connectivity index (χ3v) is 3.51. The van der Waals surface area contributed by atoms with Gasteiger partial charge in [0.2, 0.25) is 5.88 Å². The van der Waals surface area contributed by atoms with E-state index in [1.165, 1.54) is 25.3 Å². The summed E-state index contributed by atoms with van der Waals surface area (Å²) in [5, 5.41) is 2.77. The highest BCUT2D eigenvalue weighted by Gasteiger charge is 2.39. The average molecular weight is 391 g/mol. The molecule has 0 radical (unpaired) electrons. The van der Waals surface area contributed by atoms with Crippen molar-refractivity contribution in [3.8, 4) is 11.6 Å². The van der Waals surface area contributed by atoms with E-state index in [1.54, 1.807) is 0 Å². The number of rotatable bonds is 4. The van der Waals surface area contributed by atoms with Crippen molar-refractivity contribution in [1.82, 2.24) is 4.98 Å². The lowest BCUT2D eigenvalue weighted by Crippen LogP contribution is -2.22. The van der Waals surface area contributed by atoms with Gasteiger partial charge in [-0.05, 0) is 18.2 Å². The Morgan fingerprint density at radius 3 is 2.44 bits per heavy atom. The van der Waals surface area contributed by atoms with Crippen LogP contribution in [0.5, 0.6) is 11.6 Å². The number of methoxy groups -OCH3 is 1. The quantitative estimate of drug-likeness (QED) is 0.752. The van der Waals surface area contributed by atoms with Gasteiger partial charge in [0.15, 0.2) is 5.82 Å². The number of pyridine rings is 1. The molecule has 1 aromatic heterocycles. The van der Waals surface area contributed by atoms with Crippen LogP contribution in [0.3, 0.4) is 0 Å². The van der Waals surface area contributed by atoms with Crippen molar-refractivity contribution in [2.24, 2.45) is 4.99 Å².